The molecule has 15 heavy (non-hydrogen) atoms. The molecule has 0 heterocycles. The molecule has 0 amide bonds. The molecule has 1 aromatic carbocycles. The quantitative estimate of drug-likeness (QED) is 0.860. The van der Waals surface area contributed by atoms with E-state index in [0.29, 0.717) is 17.1 Å². The van der Waals surface area contributed by atoms with E-state index >= 15 is 0 Å². The summed E-state index contributed by atoms with van der Waals surface area (Å²) in [6.07, 6.45) is 0. The van der Waals surface area contributed by atoms with Gasteiger partial charge in [0.05, 0.1) is 6.61 Å². The summed E-state index contributed by atoms with van der Waals surface area (Å²) in [6, 6.07) is 4.64. The lowest BCUT2D eigenvalue weighted by Gasteiger charge is -2.22. The number of likely N-dealkylation sites (N-methyl/N-ethyl adjacent to an activating group) is 1. The number of aliphatic hydroxyl groups excluding tert-OH is 1. The number of aliphatic hydroxyl groups is 1. The molecule has 0 fully saturated rings. The molecule has 0 aliphatic rings. The molecule has 2 nitrogen and oxygen atoms in total. The molecule has 0 spiro atoms. The van der Waals surface area contributed by atoms with Crippen molar-refractivity contribution in [3.8, 4) is 0 Å². The van der Waals surface area contributed by atoms with E-state index in [9.17, 15) is 4.39 Å². The Hall–Kier alpha value is -0.640. The average Bonchev–Trinajstić information content (AvgIpc) is 2.20. The van der Waals surface area contributed by atoms with E-state index in [4.69, 9.17) is 16.7 Å². The summed E-state index contributed by atoms with van der Waals surface area (Å²) in [5.41, 5.74) is 0.585. The zero-order valence-electron chi connectivity index (χ0n) is 8.87. The highest BCUT2D eigenvalue weighted by Crippen LogP contribution is 2.16. The first-order valence-corrected chi connectivity index (χ1v) is 5.17. The maximum atomic E-state index is 13.4. The van der Waals surface area contributed by atoms with Crippen molar-refractivity contribution < 1.29 is 9.50 Å². The Labute approximate surface area is 94.3 Å². The predicted octanol–water partition coefficient (Wildman–Crippen LogP) is 2.29. The molecule has 0 aromatic heterocycles. The Bertz CT molecular complexity index is 332. The van der Waals surface area contributed by atoms with Crippen molar-refractivity contribution >= 4 is 11.6 Å². The van der Waals surface area contributed by atoms with Crippen LogP contribution in [0.3, 0.4) is 0 Å². The van der Waals surface area contributed by atoms with Gasteiger partial charge in [0.15, 0.2) is 0 Å². The highest BCUT2D eigenvalue weighted by Gasteiger charge is 2.10. The molecule has 0 saturated heterocycles. The topological polar surface area (TPSA) is 23.5 Å². The van der Waals surface area contributed by atoms with Gasteiger partial charge in [-0.25, -0.2) is 4.39 Å². The van der Waals surface area contributed by atoms with Gasteiger partial charge >= 0.3 is 0 Å². The second-order valence-electron chi connectivity index (χ2n) is 3.68. The molecular weight excluding hydrogens is 217 g/mol. The second-order valence-corrected chi connectivity index (χ2v) is 4.12. The Balaban J connectivity index is 2.72. The van der Waals surface area contributed by atoms with Crippen LogP contribution < -0.4 is 0 Å². The molecule has 1 unspecified atom stereocenters. The average molecular weight is 232 g/mol. The third kappa shape index (κ3) is 3.45. The molecule has 0 aliphatic heterocycles. The van der Waals surface area contributed by atoms with E-state index in [1.54, 1.807) is 12.1 Å². The minimum atomic E-state index is -0.306. The van der Waals surface area contributed by atoms with Gasteiger partial charge in [0.1, 0.15) is 5.82 Å². The van der Waals surface area contributed by atoms with Gasteiger partial charge in [0.25, 0.3) is 0 Å². The zero-order chi connectivity index (χ0) is 11.4. The van der Waals surface area contributed by atoms with E-state index in [2.05, 4.69) is 0 Å². The maximum absolute atomic E-state index is 13.4. The van der Waals surface area contributed by atoms with Crippen molar-refractivity contribution in [3.05, 3.63) is 34.6 Å². The molecule has 0 radical (unpaired) electrons. The summed E-state index contributed by atoms with van der Waals surface area (Å²) >= 11 is 5.65. The highest BCUT2D eigenvalue weighted by atomic mass is 35.5. The summed E-state index contributed by atoms with van der Waals surface area (Å²) in [6.45, 7) is 2.41. The Morgan fingerprint density at radius 1 is 1.53 bits per heavy atom. The molecule has 0 aliphatic carbocycles. The SMILES string of the molecule is CC(CO)N(C)Cc1ccc(Cl)cc1F. The van der Waals surface area contributed by atoms with Gasteiger partial charge in [0.2, 0.25) is 0 Å². The number of benzene rings is 1. The minimum absolute atomic E-state index is 0.0140. The van der Waals surface area contributed by atoms with Crippen LogP contribution in [0.2, 0.25) is 5.02 Å². The number of hydrogen-bond acceptors (Lipinski definition) is 2. The predicted molar refractivity (Wildman–Crippen MR) is 59.4 cm³/mol. The van der Waals surface area contributed by atoms with Crippen LogP contribution >= 0.6 is 11.6 Å². The van der Waals surface area contributed by atoms with E-state index in [1.807, 2.05) is 18.9 Å². The van der Waals surface area contributed by atoms with Gasteiger partial charge in [-0.15, -0.1) is 0 Å². The fourth-order valence-corrected chi connectivity index (χ4v) is 1.37. The molecular formula is C11H15ClFNO. The first-order valence-electron chi connectivity index (χ1n) is 4.79. The zero-order valence-corrected chi connectivity index (χ0v) is 9.63. The van der Waals surface area contributed by atoms with Crippen molar-refractivity contribution in [3.63, 3.8) is 0 Å². The van der Waals surface area contributed by atoms with Crippen molar-refractivity contribution in [2.75, 3.05) is 13.7 Å². The summed E-state index contributed by atoms with van der Waals surface area (Å²) in [5, 5.41) is 9.34. The van der Waals surface area contributed by atoms with Gasteiger partial charge in [-0.05, 0) is 26.1 Å². The number of nitrogens with zero attached hydrogens (tertiary/aromatic N) is 1. The Morgan fingerprint density at radius 3 is 2.73 bits per heavy atom. The number of hydrogen-bond donors (Lipinski definition) is 1. The van der Waals surface area contributed by atoms with Crippen LogP contribution in [0.15, 0.2) is 18.2 Å². The van der Waals surface area contributed by atoms with Crippen LogP contribution in [0.5, 0.6) is 0 Å². The monoisotopic (exact) mass is 231 g/mol. The first-order chi connectivity index (χ1) is 7.04. The van der Waals surface area contributed by atoms with Crippen LogP contribution in [-0.4, -0.2) is 29.7 Å². The van der Waals surface area contributed by atoms with Crippen LogP contribution in [-0.2, 0) is 6.54 Å². The normalized spacial score (nSPS) is 13.2. The molecule has 1 N–H and O–H groups in total. The van der Waals surface area contributed by atoms with Crippen molar-refractivity contribution in [1.29, 1.82) is 0 Å². The van der Waals surface area contributed by atoms with Crippen LogP contribution in [0.1, 0.15) is 12.5 Å². The fourth-order valence-electron chi connectivity index (χ4n) is 1.21. The molecule has 84 valence electrons. The highest BCUT2D eigenvalue weighted by molar-refractivity contribution is 6.30. The van der Waals surface area contributed by atoms with Gasteiger partial charge in [-0.3, -0.25) is 4.90 Å². The Morgan fingerprint density at radius 2 is 2.20 bits per heavy atom. The van der Waals surface area contributed by atoms with E-state index in [1.165, 1.54) is 6.07 Å². The third-order valence-corrected chi connectivity index (χ3v) is 2.69. The summed E-state index contributed by atoms with van der Waals surface area (Å²) < 4.78 is 13.4. The minimum Gasteiger partial charge on any atom is -0.395 e. The van der Waals surface area contributed by atoms with E-state index < -0.39 is 0 Å². The van der Waals surface area contributed by atoms with Gasteiger partial charge in [-0.1, -0.05) is 17.7 Å². The number of halogens is 2. The smallest absolute Gasteiger partial charge is 0.129 e. The lowest BCUT2D eigenvalue weighted by atomic mass is 10.2. The molecule has 1 atom stereocenters. The molecule has 1 rings (SSSR count). The van der Waals surface area contributed by atoms with Gasteiger partial charge in [-0.2, -0.15) is 0 Å². The summed E-state index contributed by atoms with van der Waals surface area (Å²) in [7, 11) is 1.84. The molecule has 4 heteroatoms. The van der Waals surface area contributed by atoms with Gasteiger partial charge < -0.3 is 5.11 Å². The fraction of sp³-hybridized carbons (Fsp3) is 0.455. The van der Waals surface area contributed by atoms with Crippen molar-refractivity contribution in [2.45, 2.75) is 19.5 Å². The largest absolute Gasteiger partial charge is 0.395 e. The standard InChI is InChI=1S/C11H15ClFNO/c1-8(7-15)14(2)6-9-3-4-10(12)5-11(9)13/h3-5,8,15H,6-7H2,1-2H3. The summed E-state index contributed by atoms with van der Waals surface area (Å²) in [5.74, 6) is -0.306. The Kier molecular flexibility index (Phi) is 4.51. The third-order valence-electron chi connectivity index (χ3n) is 2.45. The van der Waals surface area contributed by atoms with Crippen molar-refractivity contribution in [2.24, 2.45) is 0 Å². The second kappa shape index (κ2) is 5.45. The molecule has 1 aromatic rings. The van der Waals surface area contributed by atoms with Crippen LogP contribution in [0.25, 0.3) is 0 Å². The molecule has 0 saturated carbocycles. The summed E-state index contributed by atoms with van der Waals surface area (Å²) in [4.78, 5) is 1.88. The van der Waals surface area contributed by atoms with Gasteiger partial charge in [0, 0.05) is 23.2 Å². The lowest BCUT2D eigenvalue weighted by molar-refractivity contribution is 0.153. The lowest BCUT2D eigenvalue weighted by Crippen LogP contribution is -2.31. The van der Waals surface area contributed by atoms with Crippen LogP contribution in [0, 0.1) is 5.82 Å². The van der Waals surface area contributed by atoms with E-state index in [0.717, 1.165) is 0 Å². The number of rotatable bonds is 4. The molecule has 0 bridgehead atoms. The van der Waals surface area contributed by atoms with Crippen molar-refractivity contribution in [1.82, 2.24) is 4.90 Å². The first kappa shape index (κ1) is 12.4. The van der Waals surface area contributed by atoms with Crippen LogP contribution in [0.4, 0.5) is 4.39 Å². The maximum Gasteiger partial charge on any atom is 0.129 e. The van der Waals surface area contributed by atoms with E-state index in [-0.39, 0.29) is 18.5 Å².